The first-order valence-electron chi connectivity index (χ1n) is 10.0. The molecule has 4 nitrogen and oxygen atoms in total. The summed E-state index contributed by atoms with van der Waals surface area (Å²) < 4.78 is 15.6. The number of benzene rings is 2. The van der Waals surface area contributed by atoms with Gasteiger partial charge in [-0.05, 0) is 60.4 Å². The van der Waals surface area contributed by atoms with Gasteiger partial charge in [-0.2, -0.15) is 5.10 Å². The molecule has 0 bridgehead atoms. The molecule has 1 aliphatic carbocycles. The Morgan fingerprint density at radius 3 is 2.67 bits per heavy atom. The van der Waals surface area contributed by atoms with E-state index in [1.807, 2.05) is 11.0 Å². The van der Waals surface area contributed by atoms with Gasteiger partial charge in [0.15, 0.2) is 0 Å². The van der Waals surface area contributed by atoms with Crippen LogP contribution in [0.5, 0.6) is 0 Å². The summed E-state index contributed by atoms with van der Waals surface area (Å²) in [7, 11) is 0. The van der Waals surface area contributed by atoms with E-state index < -0.39 is 0 Å². The van der Waals surface area contributed by atoms with E-state index in [1.165, 1.54) is 12.1 Å². The fourth-order valence-electron chi connectivity index (χ4n) is 4.71. The molecular weight excluding hydrogens is 424 g/mol. The maximum atomic E-state index is 13.5. The summed E-state index contributed by atoms with van der Waals surface area (Å²) in [6.45, 7) is 2.75. The molecule has 2 heterocycles. The minimum atomic E-state index is -0.286. The van der Waals surface area contributed by atoms with Crippen molar-refractivity contribution < 1.29 is 9.18 Å². The van der Waals surface area contributed by atoms with Gasteiger partial charge in [0.25, 0.3) is 0 Å². The van der Waals surface area contributed by atoms with Gasteiger partial charge < -0.3 is 4.90 Å². The second-order valence-corrected chi connectivity index (χ2v) is 8.77. The normalized spacial score (nSPS) is 17.7. The number of rotatable bonds is 2. The zero-order valence-corrected chi connectivity index (χ0v) is 18.0. The second-order valence-electron chi connectivity index (χ2n) is 7.93. The van der Waals surface area contributed by atoms with Gasteiger partial charge in [0.05, 0.1) is 11.7 Å². The summed E-state index contributed by atoms with van der Waals surface area (Å²) in [5, 5.41) is 6.30. The number of amides is 1. The highest BCUT2D eigenvalue weighted by Gasteiger charge is 2.34. The number of fused-ring (bicyclic) bond motifs is 2. The Balaban J connectivity index is 1.66. The number of halogens is 3. The van der Waals surface area contributed by atoms with E-state index >= 15 is 0 Å². The Morgan fingerprint density at radius 2 is 1.93 bits per heavy atom. The number of nitrogens with zero attached hydrogens (tertiary/aromatic N) is 3. The first-order valence-corrected chi connectivity index (χ1v) is 10.8. The Hall–Kier alpha value is -2.37. The average molecular weight is 444 g/mol. The van der Waals surface area contributed by atoms with Crippen molar-refractivity contribution in [3.8, 4) is 11.3 Å². The third-order valence-corrected chi connectivity index (χ3v) is 6.68. The van der Waals surface area contributed by atoms with E-state index in [1.54, 1.807) is 25.1 Å². The number of aryl methyl sites for hydroxylation is 1. The zero-order chi connectivity index (χ0) is 21.0. The van der Waals surface area contributed by atoms with E-state index in [-0.39, 0.29) is 17.8 Å². The maximum absolute atomic E-state index is 13.5. The molecule has 1 amide bonds. The quantitative estimate of drug-likeness (QED) is 0.528. The van der Waals surface area contributed by atoms with Gasteiger partial charge >= 0.3 is 0 Å². The minimum absolute atomic E-state index is 0.0246. The van der Waals surface area contributed by atoms with Crippen molar-refractivity contribution in [2.24, 2.45) is 0 Å². The lowest BCUT2D eigenvalue weighted by atomic mass is 10.00. The van der Waals surface area contributed by atoms with Gasteiger partial charge in [-0.15, -0.1) is 0 Å². The molecule has 1 aromatic heterocycles. The third kappa shape index (κ3) is 3.21. The van der Waals surface area contributed by atoms with Gasteiger partial charge in [0, 0.05) is 53.3 Å². The molecule has 7 heteroatoms. The summed E-state index contributed by atoms with van der Waals surface area (Å²) >= 11 is 12.8. The molecule has 0 saturated carbocycles. The topological polar surface area (TPSA) is 38.1 Å². The lowest BCUT2D eigenvalue weighted by molar-refractivity contribution is -0.129. The van der Waals surface area contributed by atoms with Gasteiger partial charge in [0.1, 0.15) is 5.82 Å². The van der Waals surface area contributed by atoms with Crippen molar-refractivity contribution in [2.45, 2.75) is 38.8 Å². The predicted molar refractivity (Wildman–Crippen MR) is 115 cm³/mol. The maximum Gasteiger partial charge on any atom is 0.219 e. The highest BCUT2D eigenvalue weighted by atomic mass is 35.5. The standard InChI is InChI=1S/C23H20Cl2FN3O/c1-13(30)28-9-8-20-18(12-28)23(14-2-5-17(26)6-3-14)27-29(20)21-7-4-15-10-16(24)11-19(25)22(15)21/h2-3,5-6,10-11,21H,4,7-9,12H2,1H3. The molecule has 1 unspecified atom stereocenters. The third-order valence-electron chi connectivity index (χ3n) is 6.14. The fourth-order valence-corrected chi connectivity index (χ4v) is 5.37. The summed E-state index contributed by atoms with van der Waals surface area (Å²) in [5.41, 5.74) is 6.03. The van der Waals surface area contributed by atoms with Crippen molar-refractivity contribution in [3.05, 3.63) is 74.6 Å². The predicted octanol–water partition coefficient (Wildman–Crippen LogP) is 5.44. The van der Waals surface area contributed by atoms with Gasteiger partial charge in [-0.25, -0.2) is 4.39 Å². The van der Waals surface area contributed by atoms with E-state index in [0.29, 0.717) is 23.1 Å². The smallest absolute Gasteiger partial charge is 0.219 e. The summed E-state index contributed by atoms with van der Waals surface area (Å²) in [6.07, 6.45) is 2.50. The largest absolute Gasteiger partial charge is 0.338 e. The van der Waals surface area contributed by atoms with Crippen molar-refractivity contribution in [2.75, 3.05) is 6.54 Å². The van der Waals surface area contributed by atoms with E-state index in [9.17, 15) is 9.18 Å². The Bertz CT molecular complexity index is 1160. The summed E-state index contributed by atoms with van der Waals surface area (Å²) in [6, 6.07) is 10.2. The summed E-state index contributed by atoms with van der Waals surface area (Å²) in [4.78, 5) is 13.9. The van der Waals surface area contributed by atoms with Gasteiger partial charge in [0.2, 0.25) is 5.91 Å². The molecule has 5 rings (SSSR count). The van der Waals surface area contributed by atoms with E-state index in [4.69, 9.17) is 28.3 Å². The molecule has 0 N–H and O–H groups in total. The first kappa shape index (κ1) is 19.6. The highest BCUT2D eigenvalue weighted by molar-refractivity contribution is 6.35. The summed E-state index contributed by atoms with van der Waals surface area (Å²) in [5.74, 6) is -0.242. The number of aromatic nitrogens is 2. The minimum Gasteiger partial charge on any atom is -0.338 e. The van der Waals surface area contributed by atoms with E-state index in [2.05, 4.69) is 4.68 Å². The molecule has 1 aliphatic heterocycles. The van der Waals surface area contributed by atoms with Crippen LogP contribution < -0.4 is 0 Å². The highest BCUT2D eigenvalue weighted by Crippen LogP contribution is 2.43. The van der Waals surface area contributed by atoms with Crippen LogP contribution in [-0.2, 0) is 24.2 Å². The molecule has 0 saturated heterocycles. The second kappa shape index (κ2) is 7.40. The Morgan fingerprint density at radius 1 is 1.17 bits per heavy atom. The van der Waals surface area contributed by atoms with Crippen molar-refractivity contribution in [3.63, 3.8) is 0 Å². The lowest BCUT2D eigenvalue weighted by Gasteiger charge is -2.28. The molecule has 2 aromatic carbocycles. The van der Waals surface area contributed by atoms with Gasteiger partial charge in [-0.3, -0.25) is 9.48 Å². The van der Waals surface area contributed by atoms with Crippen LogP contribution in [0, 0.1) is 5.82 Å². The van der Waals surface area contributed by atoms with Crippen LogP contribution in [0.2, 0.25) is 10.0 Å². The molecule has 30 heavy (non-hydrogen) atoms. The lowest BCUT2D eigenvalue weighted by Crippen LogP contribution is -2.35. The molecular formula is C23H20Cl2FN3O. The molecule has 0 fully saturated rings. The van der Waals surface area contributed by atoms with Crippen LogP contribution in [0.4, 0.5) is 4.39 Å². The van der Waals surface area contributed by atoms with Crippen LogP contribution in [0.15, 0.2) is 36.4 Å². The fraction of sp³-hybridized carbons (Fsp3) is 0.304. The SMILES string of the molecule is CC(=O)N1CCc2c(c(-c3ccc(F)cc3)nn2C2CCc3cc(Cl)cc(Cl)c32)C1. The molecule has 154 valence electrons. The van der Waals surface area contributed by atoms with Crippen LogP contribution in [0.3, 0.4) is 0 Å². The molecule has 3 aromatic rings. The van der Waals surface area contributed by atoms with Crippen LogP contribution in [0.25, 0.3) is 11.3 Å². The van der Waals surface area contributed by atoms with Crippen molar-refractivity contribution in [1.29, 1.82) is 0 Å². The number of hydrogen-bond donors (Lipinski definition) is 0. The number of hydrogen-bond acceptors (Lipinski definition) is 2. The Kier molecular flexibility index (Phi) is 4.83. The molecule has 1 atom stereocenters. The number of carbonyl (C=O) groups excluding carboxylic acids is 1. The van der Waals surface area contributed by atoms with Gasteiger partial charge in [-0.1, -0.05) is 23.2 Å². The average Bonchev–Trinajstić information content (AvgIpc) is 3.29. The van der Waals surface area contributed by atoms with Crippen LogP contribution in [0.1, 0.15) is 41.8 Å². The first-order chi connectivity index (χ1) is 14.4. The monoisotopic (exact) mass is 443 g/mol. The molecule has 2 aliphatic rings. The van der Waals surface area contributed by atoms with E-state index in [0.717, 1.165) is 52.9 Å². The molecule has 0 radical (unpaired) electrons. The van der Waals surface area contributed by atoms with Crippen molar-refractivity contribution in [1.82, 2.24) is 14.7 Å². The number of carbonyl (C=O) groups is 1. The molecule has 0 spiro atoms. The van der Waals surface area contributed by atoms with Crippen LogP contribution in [-0.4, -0.2) is 27.1 Å². The van der Waals surface area contributed by atoms with Crippen molar-refractivity contribution >= 4 is 29.1 Å². The Labute approximate surface area is 184 Å². The van der Waals surface area contributed by atoms with Crippen LogP contribution >= 0.6 is 23.2 Å². The zero-order valence-electron chi connectivity index (χ0n) is 16.5.